The molecule has 0 spiro atoms. The molecule has 0 saturated carbocycles. The Balaban J connectivity index is 2.25. The second-order valence-corrected chi connectivity index (χ2v) is 5.10. The Kier molecular flexibility index (Phi) is 4.05. The van der Waals surface area contributed by atoms with E-state index in [1.54, 1.807) is 18.5 Å². The van der Waals surface area contributed by atoms with E-state index in [1.807, 2.05) is 29.5 Å². The fourth-order valence-electron chi connectivity index (χ4n) is 1.71. The Bertz CT molecular complexity index is 527. The van der Waals surface area contributed by atoms with Crippen molar-refractivity contribution in [3.63, 3.8) is 0 Å². The molecule has 0 aliphatic carbocycles. The first kappa shape index (κ1) is 13.1. The van der Waals surface area contributed by atoms with Crippen molar-refractivity contribution in [2.75, 3.05) is 11.1 Å². The van der Waals surface area contributed by atoms with Gasteiger partial charge in [-0.15, -0.1) is 0 Å². The summed E-state index contributed by atoms with van der Waals surface area (Å²) in [7, 11) is 0. The van der Waals surface area contributed by atoms with Gasteiger partial charge in [0.2, 0.25) is 0 Å². The number of anilines is 2. The zero-order valence-electron chi connectivity index (χ0n) is 9.87. The zero-order valence-corrected chi connectivity index (χ0v) is 12.0. The molecule has 2 aromatic rings. The standard InChI is InChI=1S/C12H14FIN4/c1-2-10(12-16-3-4-17-12)18-11-5-7(13)8(14)6-9(11)15/h3-6,10,18H,2,15H2,1H3,(H,16,17). The van der Waals surface area contributed by atoms with E-state index < -0.39 is 0 Å². The molecule has 96 valence electrons. The lowest BCUT2D eigenvalue weighted by Crippen LogP contribution is -2.13. The monoisotopic (exact) mass is 360 g/mol. The van der Waals surface area contributed by atoms with Gasteiger partial charge in [0.05, 0.1) is 21.0 Å². The van der Waals surface area contributed by atoms with Crippen LogP contribution in [0.25, 0.3) is 0 Å². The first-order valence-corrected chi connectivity index (χ1v) is 6.70. The number of hydrogen-bond donors (Lipinski definition) is 3. The second kappa shape index (κ2) is 5.55. The van der Waals surface area contributed by atoms with Crippen LogP contribution in [0.1, 0.15) is 25.2 Å². The molecule has 0 aliphatic heterocycles. The van der Waals surface area contributed by atoms with E-state index in [2.05, 4.69) is 15.3 Å². The van der Waals surface area contributed by atoms with E-state index in [4.69, 9.17) is 5.73 Å². The fraction of sp³-hybridized carbons (Fsp3) is 0.250. The van der Waals surface area contributed by atoms with Gasteiger partial charge < -0.3 is 16.0 Å². The summed E-state index contributed by atoms with van der Waals surface area (Å²) in [5.41, 5.74) is 7.01. The molecule has 1 aromatic heterocycles. The molecule has 2 rings (SSSR count). The largest absolute Gasteiger partial charge is 0.397 e. The smallest absolute Gasteiger partial charge is 0.138 e. The molecular weight excluding hydrogens is 346 g/mol. The van der Waals surface area contributed by atoms with E-state index >= 15 is 0 Å². The van der Waals surface area contributed by atoms with Crippen LogP contribution in [0.5, 0.6) is 0 Å². The van der Waals surface area contributed by atoms with Crippen molar-refractivity contribution in [2.24, 2.45) is 0 Å². The molecule has 0 aliphatic rings. The number of imidazole rings is 1. The Labute approximate surface area is 118 Å². The zero-order chi connectivity index (χ0) is 13.1. The third-order valence-corrected chi connectivity index (χ3v) is 3.51. The summed E-state index contributed by atoms with van der Waals surface area (Å²) < 4.78 is 14.0. The highest BCUT2D eigenvalue weighted by Crippen LogP contribution is 2.28. The topological polar surface area (TPSA) is 66.7 Å². The van der Waals surface area contributed by atoms with Crippen LogP contribution in [0.2, 0.25) is 0 Å². The summed E-state index contributed by atoms with van der Waals surface area (Å²) >= 11 is 1.92. The van der Waals surface area contributed by atoms with Crippen molar-refractivity contribution < 1.29 is 4.39 Å². The van der Waals surface area contributed by atoms with Crippen LogP contribution in [0.4, 0.5) is 15.8 Å². The maximum absolute atomic E-state index is 13.5. The predicted molar refractivity (Wildman–Crippen MR) is 78.8 cm³/mol. The average Bonchev–Trinajstić information content (AvgIpc) is 2.85. The number of halogens is 2. The van der Waals surface area contributed by atoms with E-state index in [0.717, 1.165) is 12.2 Å². The lowest BCUT2D eigenvalue weighted by molar-refractivity contribution is 0.619. The Morgan fingerprint density at radius 2 is 2.33 bits per heavy atom. The van der Waals surface area contributed by atoms with Gasteiger partial charge in [-0.2, -0.15) is 0 Å². The fourth-order valence-corrected chi connectivity index (χ4v) is 2.20. The minimum atomic E-state index is -0.276. The number of nitrogen functional groups attached to an aromatic ring is 1. The van der Waals surface area contributed by atoms with Crippen LogP contribution >= 0.6 is 22.6 Å². The Morgan fingerprint density at radius 1 is 1.56 bits per heavy atom. The van der Waals surface area contributed by atoms with Crippen molar-refractivity contribution in [3.05, 3.63) is 39.7 Å². The van der Waals surface area contributed by atoms with Gasteiger partial charge in [0, 0.05) is 18.5 Å². The van der Waals surface area contributed by atoms with Gasteiger partial charge in [0.25, 0.3) is 0 Å². The normalized spacial score (nSPS) is 12.4. The van der Waals surface area contributed by atoms with Crippen molar-refractivity contribution in [3.8, 4) is 0 Å². The molecule has 6 heteroatoms. The molecular formula is C12H14FIN4. The van der Waals surface area contributed by atoms with E-state index in [1.165, 1.54) is 6.07 Å². The quantitative estimate of drug-likeness (QED) is 0.579. The highest BCUT2D eigenvalue weighted by atomic mass is 127. The van der Waals surface area contributed by atoms with Gasteiger partial charge in [0.15, 0.2) is 0 Å². The summed E-state index contributed by atoms with van der Waals surface area (Å²) in [6.45, 7) is 2.03. The SMILES string of the molecule is CCC(Nc1cc(F)c(I)cc1N)c1ncc[nH]1. The number of nitrogens with two attached hydrogens (primary N) is 1. The summed E-state index contributed by atoms with van der Waals surface area (Å²) in [5.74, 6) is 0.539. The number of aromatic nitrogens is 2. The first-order valence-electron chi connectivity index (χ1n) is 5.62. The number of hydrogen-bond acceptors (Lipinski definition) is 3. The number of nitrogens with one attached hydrogen (secondary N) is 2. The van der Waals surface area contributed by atoms with Gasteiger partial charge >= 0.3 is 0 Å². The molecule has 18 heavy (non-hydrogen) atoms. The van der Waals surface area contributed by atoms with Gasteiger partial charge in [0.1, 0.15) is 11.6 Å². The summed E-state index contributed by atoms with van der Waals surface area (Å²) in [6.07, 6.45) is 4.27. The van der Waals surface area contributed by atoms with E-state index in [9.17, 15) is 4.39 Å². The van der Waals surface area contributed by atoms with Crippen LogP contribution in [-0.2, 0) is 0 Å². The van der Waals surface area contributed by atoms with Crippen LogP contribution in [0, 0.1) is 9.39 Å². The lowest BCUT2D eigenvalue weighted by Gasteiger charge is -2.18. The number of rotatable bonds is 4. The average molecular weight is 360 g/mol. The molecule has 4 nitrogen and oxygen atoms in total. The first-order chi connectivity index (χ1) is 8.61. The maximum atomic E-state index is 13.5. The number of nitrogens with zero attached hydrogens (tertiary/aromatic N) is 1. The molecule has 0 radical (unpaired) electrons. The number of aromatic amines is 1. The van der Waals surface area contributed by atoms with Gasteiger partial charge in [-0.25, -0.2) is 9.37 Å². The lowest BCUT2D eigenvalue weighted by atomic mass is 10.2. The summed E-state index contributed by atoms with van der Waals surface area (Å²) in [4.78, 5) is 7.24. The second-order valence-electron chi connectivity index (χ2n) is 3.93. The Hall–Kier alpha value is -1.31. The molecule has 0 saturated heterocycles. The molecule has 0 bridgehead atoms. The van der Waals surface area contributed by atoms with Gasteiger partial charge in [-0.1, -0.05) is 6.92 Å². The van der Waals surface area contributed by atoms with Gasteiger partial charge in [-0.05, 0) is 35.1 Å². The van der Waals surface area contributed by atoms with Crippen LogP contribution in [0.15, 0.2) is 24.5 Å². The van der Waals surface area contributed by atoms with Gasteiger partial charge in [-0.3, -0.25) is 0 Å². The summed E-state index contributed by atoms with van der Waals surface area (Å²) in [6, 6.07) is 3.03. The highest BCUT2D eigenvalue weighted by molar-refractivity contribution is 14.1. The molecule has 1 unspecified atom stereocenters. The molecule has 0 amide bonds. The third-order valence-electron chi connectivity index (χ3n) is 2.68. The highest BCUT2D eigenvalue weighted by Gasteiger charge is 2.14. The Morgan fingerprint density at radius 3 is 2.94 bits per heavy atom. The molecule has 1 heterocycles. The predicted octanol–water partition coefficient (Wildman–Crippen LogP) is 3.30. The van der Waals surface area contributed by atoms with Crippen molar-refractivity contribution in [2.45, 2.75) is 19.4 Å². The minimum absolute atomic E-state index is 0.0123. The number of benzene rings is 1. The molecule has 4 N–H and O–H groups in total. The van der Waals surface area contributed by atoms with Crippen LogP contribution < -0.4 is 11.1 Å². The van der Waals surface area contributed by atoms with Crippen molar-refractivity contribution in [1.82, 2.24) is 9.97 Å². The van der Waals surface area contributed by atoms with E-state index in [0.29, 0.717) is 14.9 Å². The molecule has 1 atom stereocenters. The van der Waals surface area contributed by atoms with Crippen molar-refractivity contribution in [1.29, 1.82) is 0 Å². The van der Waals surface area contributed by atoms with Crippen molar-refractivity contribution >= 4 is 34.0 Å². The third kappa shape index (κ3) is 2.74. The minimum Gasteiger partial charge on any atom is -0.397 e. The number of H-pyrrole nitrogens is 1. The van der Waals surface area contributed by atoms with Crippen LogP contribution in [0.3, 0.4) is 0 Å². The molecule has 0 fully saturated rings. The van der Waals surface area contributed by atoms with Crippen LogP contribution in [-0.4, -0.2) is 9.97 Å². The summed E-state index contributed by atoms with van der Waals surface area (Å²) in [5, 5.41) is 3.21. The van der Waals surface area contributed by atoms with E-state index in [-0.39, 0.29) is 11.9 Å². The molecule has 1 aromatic carbocycles. The maximum Gasteiger partial charge on any atom is 0.138 e.